The highest BCUT2D eigenvalue weighted by Gasteiger charge is 2.18. The van der Waals surface area contributed by atoms with Gasteiger partial charge in [-0.15, -0.1) is 0 Å². The summed E-state index contributed by atoms with van der Waals surface area (Å²) in [6.45, 7) is 1.88. The normalized spacial score (nSPS) is 11.3. The van der Waals surface area contributed by atoms with Gasteiger partial charge in [-0.1, -0.05) is 0 Å². The van der Waals surface area contributed by atoms with Crippen LogP contribution in [0.25, 0.3) is 27.7 Å². The predicted molar refractivity (Wildman–Crippen MR) is 144 cm³/mol. The van der Waals surface area contributed by atoms with E-state index in [0.29, 0.717) is 22.8 Å². The minimum atomic E-state index is -0.228. The first kappa shape index (κ1) is 24.7. The Balaban J connectivity index is 1.70. The summed E-state index contributed by atoms with van der Waals surface area (Å²) in [5.74, 6) is 1.79. The molecule has 0 aliphatic rings. The average Bonchev–Trinajstić information content (AvgIpc) is 3.30. The minimum absolute atomic E-state index is 0.228. The molecule has 0 saturated carbocycles. The lowest BCUT2D eigenvalue weighted by molar-refractivity contribution is -0.111. The van der Waals surface area contributed by atoms with Crippen molar-refractivity contribution < 1.29 is 23.4 Å². The Bertz CT molecular complexity index is 1420. The van der Waals surface area contributed by atoms with Crippen LogP contribution in [0.1, 0.15) is 12.5 Å². The van der Waals surface area contributed by atoms with Crippen molar-refractivity contribution in [2.24, 2.45) is 0 Å². The Labute approximate surface area is 210 Å². The molecule has 186 valence electrons. The molecule has 0 spiro atoms. The second-order valence-corrected chi connectivity index (χ2v) is 8.52. The highest BCUT2D eigenvalue weighted by Crippen LogP contribution is 2.41. The maximum atomic E-state index is 12.8. The van der Waals surface area contributed by atoms with Crippen LogP contribution in [0.2, 0.25) is 0 Å². The molecule has 0 aliphatic carbocycles. The number of hydrogen-bond acceptors (Lipinski definition) is 6. The molecule has 1 heterocycles. The molecule has 0 bridgehead atoms. The molecule has 0 aliphatic heterocycles. The maximum absolute atomic E-state index is 12.8. The van der Waals surface area contributed by atoms with Crippen LogP contribution in [0, 0.1) is 0 Å². The number of carbonyl (C=O) groups excluding carboxylic acids is 1. The summed E-state index contributed by atoms with van der Waals surface area (Å²) < 4.78 is 22.5. The molecule has 0 radical (unpaired) electrons. The largest absolute Gasteiger partial charge is 0.497 e. The Hall–Kier alpha value is -4.39. The molecular weight excluding hydrogens is 456 g/mol. The monoisotopic (exact) mass is 486 g/mol. The molecule has 0 atom stereocenters. The van der Waals surface area contributed by atoms with Crippen LogP contribution in [0.3, 0.4) is 0 Å². The van der Waals surface area contributed by atoms with E-state index in [1.54, 1.807) is 33.7 Å². The number of rotatable bonds is 8. The van der Waals surface area contributed by atoms with Gasteiger partial charge >= 0.3 is 0 Å². The van der Waals surface area contributed by atoms with Crippen molar-refractivity contribution in [3.63, 3.8) is 0 Å². The van der Waals surface area contributed by atoms with Crippen molar-refractivity contribution >= 4 is 33.8 Å². The first-order valence-electron chi connectivity index (χ1n) is 11.4. The number of methoxy groups -OCH3 is 3. The summed E-state index contributed by atoms with van der Waals surface area (Å²) in [4.78, 5) is 14.8. The zero-order valence-corrected chi connectivity index (χ0v) is 21.3. The summed E-state index contributed by atoms with van der Waals surface area (Å²) in [6.07, 6.45) is 3.25. The van der Waals surface area contributed by atoms with Gasteiger partial charge in [0, 0.05) is 59.7 Å². The van der Waals surface area contributed by atoms with Crippen LogP contribution in [-0.4, -0.2) is 41.3 Å². The molecule has 4 rings (SSSR count). The Morgan fingerprint density at radius 1 is 0.889 bits per heavy atom. The van der Waals surface area contributed by atoms with E-state index in [1.165, 1.54) is 0 Å². The Morgan fingerprint density at radius 2 is 1.61 bits per heavy atom. The molecule has 4 aromatic rings. The number of fused-ring (bicyclic) bond motifs is 1. The van der Waals surface area contributed by atoms with Crippen molar-refractivity contribution in [3.05, 3.63) is 72.5 Å². The fourth-order valence-corrected chi connectivity index (χ4v) is 4.06. The fraction of sp³-hybridized carbons (Fsp3) is 0.207. The van der Waals surface area contributed by atoms with Gasteiger partial charge in [-0.2, -0.15) is 0 Å². The summed E-state index contributed by atoms with van der Waals surface area (Å²) in [6, 6.07) is 17.1. The zero-order chi connectivity index (χ0) is 25.8. The van der Waals surface area contributed by atoms with E-state index < -0.39 is 0 Å². The number of nitrogens with zero attached hydrogens (tertiary/aromatic N) is 1. The number of anilines is 2. The lowest BCUT2D eigenvalue weighted by Crippen LogP contribution is -2.10. The van der Waals surface area contributed by atoms with E-state index >= 15 is 0 Å². The van der Waals surface area contributed by atoms with Crippen molar-refractivity contribution in [2.45, 2.75) is 6.92 Å². The molecular formula is C29H30N2O5. The number of carbonyl (C=O) groups is 1. The van der Waals surface area contributed by atoms with E-state index in [9.17, 15) is 4.79 Å². The standard InChI is InChI=1S/C29H30N2O5/c1-18(13-29(32)30-19-7-9-20(10-8-19)31(2)3)22-15-24-25(17-36-28(24)16-27(22)35-6)23-14-21(33-4)11-12-26(23)34-5/h7-17H,1-6H3,(H,30,32)/b18-13+. The van der Waals surface area contributed by atoms with Gasteiger partial charge in [0.2, 0.25) is 5.91 Å². The van der Waals surface area contributed by atoms with Gasteiger partial charge in [0.25, 0.3) is 0 Å². The van der Waals surface area contributed by atoms with Crippen LogP contribution in [0.4, 0.5) is 11.4 Å². The van der Waals surface area contributed by atoms with Gasteiger partial charge in [0.15, 0.2) is 0 Å². The molecule has 1 aromatic heterocycles. The molecule has 1 amide bonds. The van der Waals surface area contributed by atoms with Crippen LogP contribution < -0.4 is 24.4 Å². The predicted octanol–water partition coefficient (Wildman–Crippen LogP) is 6.23. The fourth-order valence-electron chi connectivity index (χ4n) is 4.06. The van der Waals surface area contributed by atoms with Crippen molar-refractivity contribution in [1.82, 2.24) is 0 Å². The van der Waals surface area contributed by atoms with E-state index in [4.69, 9.17) is 18.6 Å². The Morgan fingerprint density at radius 3 is 2.25 bits per heavy atom. The van der Waals surface area contributed by atoms with E-state index in [1.807, 2.05) is 80.5 Å². The lowest BCUT2D eigenvalue weighted by atomic mass is 9.98. The molecule has 7 nitrogen and oxygen atoms in total. The summed E-state index contributed by atoms with van der Waals surface area (Å²) in [5.41, 5.74) is 5.66. The number of ether oxygens (including phenoxy) is 3. The molecule has 7 heteroatoms. The number of furan rings is 1. The molecule has 3 aromatic carbocycles. The highest BCUT2D eigenvalue weighted by molar-refractivity contribution is 6.05. The summed E-state index contributed by atoms with van der Waals surface area (Å²) in [7, 11) is 8.79. The number of amides is 1. The lowest BCUT2D eigenvalue weighted by Gasteiger charge is -2.13. The van der Waals surface area contributed by atoms with Crippen molar-refractivity contribution in [3.8, 4) is 28.4 Å². The SMILES string of the molecule is COc1ccc(OC)c(-c2coc3cc(OC)c(/C(C)=C/C(=O)Nc4ccc(N(C)C)cc4)cc23)c1. The van der Waals surface area contributed by atoms with Crippen LogP contribution in [-0.2, 0) is 4.79 Å². The van der Waals surface area contributed by atoms with Gasteiger partial charge in [0.05, 0.1) is 27.6 Å². The Kier molecular flexibility index (Phi) is 7.20. The molecule has 1 N–H and O–H groups in total. The third-order valence-corrected chi connectivity index (χ3v) is 6.02. The van der Waals surface area contributed by atoms with Crippen molar-refractivity contribution in [1.29, 1.82) is 0 Å². The first-order chi connectivity index (χ1) is 17.3. The van der Waals surface area contributed by atoms with E-state index in [-0.39, 0.29) is 5.91 Å². The number of benzene rings is 3. The van der Waals surface area contributed by atoms with Gasteiger partial charge in [-0.25, -0.2) is 0 Å². The van der Waals surface area contributed by atoms with Crippen LogP contribution in [0.5, 0.6) is 17.2 Å². The van der Waals surface area contributed by atoms with Crippen molar-refractivity contribution in [2.75, 3.05) is 45.6 Å². The zero-order valence-electron chi connectivity index (χ0n) is 21.3. The van der Waals surface area contributed by atoms with Crippen LogP contribution >= 0.6 is 0 Å². The van der Waals surface area contributed by atoms with Gasteiger partial charge in [-0.05, 0) is 61.0 Å². The van der Waals surface area contributed by atoms with Gasteiger partial charge in [-0.3, -0.25) is 4.79 Å². The molecule has 0 unspecified atom stereocenters. The molecule has 0 fully saturated rings. The maximum Gasteiger partial charge on any atom is 0.248 e. The number of allylic oxidation sites excluding steroid dienone is 1. The highest BCUT2D eigenvalue weighted by atomic mass is 16.5. The second kappa shape index (κ2) is 10.5. The first-order valence-corrected chi connectivity index (χ1v) is 11.4. The second-order valence-electron chi connectivity index (χ2n) is 8.52. The van der Waals surface area contributed by atoms with Gasteiger partial charge < -0.3 is 28.8 Å². The molecule has 36 heavy (non-hydrogen) atoms. The van der Waals surface area contributed by atoms with E-state index in [2.05, 4.69) is 5.32 Å². The van der Waals surface area contributed by atoms with Crippen LogP contribution in [0.15, 0.2) is 71.4 Å². The summed E-state index contributed by atoms with van der Waals surface area (Å²) in [5, 5.41) is 3.79. The average molecular weight is 487 g/mol. The third-order valence-electron chi connectivity index (χ3n) is 6.02. The quantitative estimate of drug-likeness (QED) is 0.298. The smallest absolute Gasteiger partial charge is 0.248 e. The summed E-state index contributed by atoms with van der Waals surface area (Å²) >= 11 is 0. The van der Waals surface area contributed by atoms with Gasteiger partial charge in [0.1, 0.15) is 22.8 Å². The number of nitrogens with one attached hydrogen (secondary N) is 1. The van der Waals surface area contributed by atoms with E-state index in [0.717, 1.165) is 39.0 Å². The third kappa shape index (κ3) is 5.00. The minimum Gasteiger partial charge on any atom is -0.497 e. The topological polar surface area (TPSA) is 73.2 Å². The molecule has 0 saturated heterocycles. The number of hydrogen-bond donors (Lipinski definition) is 1.